The van der Waals surface area contributed by atoms with E-state index in [2.05, 4.69) is 48.7 Å². The van der Waals surface area contributed by atoms with Gasteiger partial charge in [0, 0.05) is 94.9 Å². The first kappa shape index (κ1) is 28.5. The number of nitro benzene ring substituents is 1. The number of anilines is 3. The van der Waals surface area contributed by atoms with Crippen molar-refractivity contribution in [3.05, 3.63) is 64.5 Å². The maximum absolute atomic E-state index is 12.0. The van der Waals surface area contributed by atoms with Gasteiger partial charge in [0.2, 0.25) is 5.95 Å². The van der Waals surface area contributed by atoms with Gasteiger partial charge in [-0.15, -0.1) is 0 Å². The van der Waals surface area contributed by atoms with Crippen molar-refractivity contribution in [3.8, 4) is 28.2 Å². The minimum absolute atomic E-state index is 0.0374. The zero-order valence-corrected chi connectivity index (χ0v) is 25.2. The molecule has 2 aromatic carbocycles. The fraction of sp³-hybridized carbons (Fsp3) is 0.259. The van der Waals surface area contributed by atoms with Gasteiger partial charge >= 0.3 is 0 Å². The first-order valence-corrected chi connectivity index (χ1v) is 15.3. The highest BCUT2D eigenvalue weighted by atomic mass is 127. The van der Waals surface area contributed by atoms with Crippen LogP contribution in [0.15, 0.2) is 48.8 Å². The summed E-state index contributed by atoms with van der Waals surface area (Å²) in [5.74, 6) is 3.88. The lowest BCUT2D eigenvalue weighted by molar-refractivity contribution is -0.384. The second-order valence-electron chi connectivity index (χ2n) is 9.10. The molecule has 0 fully saturated rings. The summed E-state index contributed by atoms with van der Waals surface area (Å²) in [4.78, 5) is 24.5. The summed E-state index contributed by atoms with van der Waals surface area (Å²) in [6, 6.07) is 11.1. The summed E-state index contributed by atoms with van der Waals surface area (Å²) < 4.78 is 7.63. The summed E-state index contributed by atoms with van der Waals surface area (Å²) in [7, 11) is 10.7. The van der Waals surface area contributed by atoms with E-state index >= 15 is 0 Å². The minimum Gasteiger partial charge on any atom is -0.494 e. The molecule has 2 aromatic heterocycles. The molecular weight excluding hydrogens is 629 g/mol. The number of hydrogen-bond acceptors (Lipinski definition) is 9. The van der Waals surface area contributed by atoms with Crippen LogP contribution in [-0.4, -0.2) is 65.7 Å². The van der Waals surface area contributed by atoms with Gasteiger partial charge in [-0.05, 0) is 46.5 Å². The predicted molar refractivity (Wildman–Crippen MR) is 167 cm³/mol. The molecule has 1 N–H and O–H groups in total. The Kier molecular flexibility index (Phi) is 9.16. The van der Waals surface area contributed by atoms with Crippen molar-refractivity contribution in [2.45, 2.75) is 0 Å². The van der Waals surface area contributed by atoms with Crippen LogP contribution in [0.2, 0.25) is 0 Å². The zero-order chi connectivity index (χ0) is 28.1. The predicted octanol–water partition coefficient (Wildman–Crippen LogP) is 5.69. The van der Waals surface area contributed by atoms with Crippen molar-refractivity contribution < 1.29 is 9.66 Å². The van der Waals surface area contributed by atoms with Crippen molar-refractivity contribution in [2.75, 3.05) is 51.6 Å². The average Bonchev–Trinajstić information content (AvgIpc) is 3.26. The van der Waals surface area contributed by atoms with E-state index in [1.165, 1.54) is 22.1 Å². The minimum atomic E-state index is -0.392. The Labute approximate surface area is 243 Å². The van der Waals surface area contributed by atoms with E-state index in [4.69, 9.17) is 9.72 Å². The van der Waals surface area contributed by atoms with Gasteiger partial charge in [-0.2, -0.15) is 0 Å². The van der Waals surface area contributed by atoms with E-state index in [9.17, 15) is 10.1 Å². The maximum atomic E-state index is 12.0. The molecule has 4 aromatic rings. The summed E-state index contributed by atoms with van der Waals surface area (Å²) >= 11 is 2.15. The molecule has 10 nitrogen and oxygen atoms in total. The second kappa shape index (κ2) is 12.5. The molecule has 12 heteroatoms. The Morgan fingerprint density at radius 1 is 1.21 bits per heavy atom. The van der Waals surface area contributed by atoms with Gasteiger partial charge in [-0.25, -0.2) is 9.97 Å². The quantitative estimate of drug-likeness (QED) is 0.105. The number of hydrogen-bond donors (Lipinski definition) is 1. The lowest BCUT2D eigenvalue weighted by Gasteiger charge is -2.22. The Hall–Kier alpha value is -3.54. The number of nitrogens with one attached hydrogen (secondary N) is 1. The number of benzene rings is 2. The molecule has 0 unspecified atom stereocenters. The molecule has 0 spiro atoms. The van der Waals surface area contributed by atoms with Crippen LogP contribution in [0, 0.1) is 21.3 Å². The number of nitro groups is 1. The van der Waals surface area contributed by atoms with Gasteiger partial charge in [-0.3, -0.25) is 10.1 Å². The number of ether oxygens (including phenoxy) is 1. The van der Waals surface area contributed by atoms with Crippen LogP contribution in [0.4, 0.5) is 23.0 Å². The van der Waals surface area contributed by atoms with E-state index in [1.54, 1.807) is 12.3 Å². The number of fused-ring (bicyclic) bond motifs is 1. The molecule has 0 bridgehead atoms. The fourth-order valence-corrected chi connectivity index (χ4v) is 4.67. The van der Waals surface area contributed by atoms with Crippen LogP contribution in [0.25, 0.3) is 22.2 Å². The molecule has 0 radical (unpaired) electrons. The van der Waals surface area contributed by atoms with Gasteiger partial charge in [-0.1, -0.05) is 12.0 Å². The van der Waals surface area contributed by atoms with Crippen molar-refractivity contribution in [1.29, 1.82) is 0 Å². The van der Waals surface area contributed by atoms with Gasteiger partial charge < -0.3 is 24.4 Å². The van der Waals surface area contributed by atoms with E-state index in [0.717, 1.165) is 28.6 Å². The lowest BCUT2D eigenvalue weighted by Crippen LogP contribution is -2.28. The molecule has 0 aliphatic heterocycles. The van der Waals surface area contributed by atoms with E-state index in [-0.39, 0.29) is 5.69 Å². The van der Waals surface area contributed by atoms with Crippen molar-refractivity contribution >= 4 is 64.1 Å². The highest BCUT2D eigenvalue weighted by molar-refractivity contribution is 14.2. The molecular formula is C27H28IN7O3S. The van der Waals surface area contributed by atoms with Gasteiger partial charge in [0.25, 0.3) is 5.69 Å². The van der Waals surface area contributed by atoms with Crippen molar-refractivity contribution in [3.63, 3.8) is 0 Å². The highest BCUT2D eigenvalue weighted by Crippen LogP contribution is 2.39. The largest absolute Gasteiger partial charge is 0.494 e. The molecule has 4 rings (SSSR count). The number of nitrogens with zero attached hydrogens (tertiary/aromatic N) is 6. The van der Waals surface area contributed by atoms with Crippen LogP contribution in [0.3, 0.4) is 0 Å². The Bertz CT molecular complexity index is 1580. The van der Waals surface area contributed by atoms with Crippen LogP contribution in [0.5, 0.6) is 5.75 Å². The molecule has 2 heterocycles. The van der Waals surface area contributed by atoms with Crippen molar-refractivity contribution in [1.82, 2.24) is 19.4 Å². The molecule has 0 aliphatic carbocycles. The van der Waals surface area contributed by atoms with Gasteiger partial charge in [0.1, 0.15) is 11.4 Å². The third-order valence-corrected chi connectivity index (χ3v) is 7.03. The first-order chi connectivity index (χ1) is 18.7. The zero-order valence-electron chi connectivity index (χ0n) is 22.2. The summed E-state index contributed by atoms with van der Waals surface area (Å²) in [6.45, 7) is 1.36. The number of halogens is 1. The highest BCUT2D eigenvalue weighted by Gasteiger charge is 2.22. The second-order valence-corrected chi connectivity index (χ2v) is 10.8. The van der Waals surface area contributed by atoms with Crippen LogP contribution >= 0.6 is 30.1 Å². The Balaban J connectivity index is 1.69. The molecule has 0 amide bonds. The third kappa shape index (κ3) is 6.55. The number of likely N-dealkylation sites (N-methyl/N-ethyl adjacent to an activating group) is 2. The molecule has 0 saturated carbocycles. The normalized spacial score (nSPS) is 10.8. The fourth-order valence-electron chi connectivity index (χ4n) is 4.18. The maximum Gasteiger partial charge on any atom is 0.294 e. The van der Waals surface area contributed by atoms with Gasteiger partial charge in [0.15, 0.2) is 0 Å². The molecule has 202 valence electrons. The lowest BCUT2D eigenvalue weighted by atomic mass is 10.1. The summed E-state index contributed by atoms with van der Waals surface area (Å²) in [5.41, 5.74) is 4.47. The number of aryl methyl sites for hydroxylation is 1. The number of methoxy groups -OCH3 is 1. The Morgan fingerprint density at radius 2 is 2.00 bits per heavy atom. The van der Waals surface area contributed by atoms with Crippen molar-refractivity contribution in [2.24, 2.45) is 7.05 Å². The van der Waals surface area contributed by atoms with Crippen LogP contribution in [0.1, 0.15) is 5.56 Å². The molecule has 39 heavy (non-hydrogen) atoms. The number of aromatic nitrogens is 3. The third-order valence-electron chi connectivity index (χ3n) is 6.19. The number of rotatable bonds is 9. The van der Waals surface area contributed by atoms with Crippen LogP contribution in [-0.2, 0) is 7.05 Å². The van der Waals surface area contributed by atoms with Crippen LogP contribution < -0.4 is 15.0 Å². The summed E-state index contributed by atoms with van der Waals surface area (Å²) in [6.07, 6.45) is 3.68. The Morgan fingerprint density at radius 3 is 2.69 bits per heavy atom. The molecule has 0 atom stereocenters. The monoisotopic (exact) mass is 657 g/mol. The SMILES string of the molecule is COc1cc(N(C)CCN(C)C)c([N+](=O)[O-])cc1Nc1nccc(-c2cn(C)c3cc(C#CSI)ccc23)n1. The standard InChI is InChI=1S/C27H28IN7O3S/c1-32(2)11-12-33(3)24-16-26(38-5)22(15-25(24)35(36)37)31-27-29-10-8-21(30-27)20-17-34(4)23-14-18(9-13-39-28)6-7-19(20)23/h6-8,10,14-17H,11-12H2,1-5H3,(H,29,30,31). The van der Waals surface area contributed by atoms with E-state index in [1.807, 2.05) is 67.0 Å². The summed E-state index contributed by atoms with van der Waals surface area (Å²) in [5, 5.41) is 19.2. The van der Waals surface area contributed by atoms with Gasteiger partial charge in [0.05, 0.1) is 23.4 Å². The molecule has 0 saturated heterocycles. The topological polar surface area (TPSA) is 102 Å². The van der Waals surface area contributed by atoms with E-state index in [0.29, 0.717) is 35.3 Å². The smallest absolute Gasteiger partial charge is 0.294 e. The molecule has 0 aliphatic rings. The first-order valence-electron chi connectivity index (χ1n) is 11.9. The van der Waals surface area contributed by atoms with E-state index < -0.39 is 4.92 Å². The average molecular weight is 658 g/mol.